The first kappa shape index (κ1) is 29.1. The molecule has 0 saturated heterocycles. The summed E-state index contributed by atoms with van der Waals surface area (Å²) in [6, 6.07) is 0. The summed E-state index contributed by atoms with van der Waals surface area (Å²) in [5, 5.41) is 0. The van der Waals surface area contributed by atoms with Gasteiger partial charge in [-0.3, -0.25) is 0 Å². The van der Waals surface area contributed by atoms with Gasteiger partial charge in [0.2, 0.25) is 0 Å². The van der Waals surface area contributed by atoms with Crippen LogP contribution in [0.2, 0.25) is 11.6 Å². The highest BCUT2D eigenvalue weighted by Gasteiger charge is 2.18. The predicted molar refractivity (Wildman–Crippen MR) is 145 cm³/mol. The number of hydrogen-bond donors (Lipinski definition) is 0. The zero-order valence-corrected chi connectivity index (χ0v) is 22.1. The highest BCUT2D eigenvalue weighted by Crippen LogP contribution is 2.32. The van der Waals surface area contributed by atoms with Crippen molar-refractivity contribution in [2.75, 3.05) is 0 Å². The fraction of sp³-hybridized carbons (Fsp3) is 1.00. The van der Waals surface area contributed by atoms with Crippen LogP contribution in [0.5, 0.6) is 0 Å². The van der Waals surface area contributed by atoms with Crippen LogP contribution in [0.15, 0.2) is 0 Å². The molecule has 1 aliphatic carbocycles. The van der Waals surface area contributed by atoms with Gasteiger partial charge in [-0.25, -0.2) is 0 Å². The summed E-state index contributed by atoms with van der Waals surface area (Å²) < 4.78 is 0. The second kappa shape index (κ2) is 23.2. The number of unbranched alkanes of at least 4 members (excludes halogenated alkanes) is 8. The Labute approximate surface area is 199 Å². The molecule has 1 heteroatoms. The van der Waals surface area contributed by atoms with Crippen molar-refractivity contribution >= 4 is 7.28 Å². The molecule has 1 radical (unpaired) electrons. The summed E-state index contributed by atoms with van der Waals surface area (Å²) >= 11 is 0. The molecule has 1 aliphatic rings. The summed E-state index contributed by atoms with van der Waals surface area (Å²) in [5.74, 6) is 1.83. The van der Waals surface area contributed by atoms with Gasteiger partial charge in [-0.05, 0) is 0 Å². The van der Waals surface area contributed by atoms with Crippen LogP contribution in [0.1, 0.15) is 181 Å². The Morgan fingerprint density at radius 3 is 1.23 bits per heavy atom. The molecule has 0 amide bonds. The molecule has 0 nitrogen and oxygen atoms in total. The molecule has 0 unspecified atom stereocenters. The largest absolute Gasteiger partial charge is 0.117 e. The van der Waals surface area contributed by atoms with Crippen molar-refractivity contribution in [3.63, 3.8) is 0 Å². The fourth-order valence-corrected chi connectivity index (χ4v) is 5.66. The molecule has 31 heavy (non-hydrogen) atoms. The average molecular weight is 432 g/mol. The van der Waals surface area contributed by atoms with Crippen molar-refractivity contribution in [2.45, 2.75) is 192 Å². The fourth-order valence-electron chi connectivity index (χ4n) is 5.66. The molecule has 0 spiro atoms. The van der Waals surface area contributed by atoms with Crippen LogP contribution in [0, 0.1) is 0 Å². The molecule has 1 fully saturated rings. The molecule has 0 aliphatic heterocycles. The summed E-state index contributed by atoms with van der Waals surface area (Å²) in [6.07, 6.45) is 38.3. The second-order valence-corrected chi connectivity index (χ2v) is 10.9. The van der Waals surface area contributed by atoms with Crippen LogP contribution < -0.4 is 0 Å². The van der Waals surface area contributed by atoms with Gasteiger partial charge in [-0.15, -0.1) is 0 Å². The molecule has 0 heterocycles. The molecule has 183 valence electrons. The molecular formula is C30H60B. The van der Waals surface area contributed by atoms with Gasteiger partial charge >= 0.3 is 0 Å². The SMILES string of the molecule is CCCCCCCC([B]C1CCCCCCCCCCCCCC1)CCCCCCC. The second-order valence-electron chi connectivity index (χ2n) is 10.9. The molecule has 0 atom stereocenters. The lowest BCUT2D eigenvalue weighted by Gasteiger charge is -2.23. The highest BCUT2D eigenvalue weighted by atomic mass is 14.1. The maximum Gasteiger partial charge on any atom is 0.117 e. The van der Waals surface area contributed by atoms with E-state index in [1.165, 1.54) is 167 Å². The Bertz CT molecular complexity index is 309. The predicted octanol–water partition coefficient (Wildman–Crippen LogP) is 11.5. The Kier molecular flexibility index (Phi) is 21.8. The van der Waals surface area contributed by atoms with Crippen molar-refractivity contribution in [1.82, 2.24) is 0 Å². The van der Waals surface area contributed by atoms with E-state index in [0.717, 1.165) is 11.6 Å². The molecule has 0 aromatic rings. The first-order valence-electron chi connectivity index (χ1n) is 15.2. The molecule has 0 bridgehead atoms. The molecule has 0 aromatic carbocycles. The van der Waals surface area contributed by atoms with Gasteiger partial charge in [-0.2, -0.15) is 0 Å². The number of rotatable bonds is 14. The van der Waals surface area contributed by atoms with Gasteiger partial charge in [-0.1, -0.05) is 192 Å². The van der Waals surface area contributed by atoms with Gasteiger partial charge in [0.05, 0.1) is 0 Å². The third-order valence-corrected chi connectivity index (χ3v) is 7.80. The van der Waals surface area contributed by atoms with E-state index in [9.17, 15) is 0 Å². The van der Waals surface area contributed by atoms with Crippen molar-refractivity contribution in [1.29, 1.82) is 0 Å². The van der Waals surface area contributed by atoms with Crippen LogP contribution >= 0.6 is 0 Å². The smallest absolute Gasteiger partial charge is 0.0686 e. The minimum Gasteiger partial charge on any atom is -0.0686 e. The molecule has 0 N–H and O–H groups in total. The maximum absolute atomic E-state index is 2.90. The minimum atomic E-state index is 0.912. The van der Waals surface area contributed by atoms with Gasteiger partial charge in [0.15, 0.2) is 0 Å². The van der Waals surface area contributed by atoms with E-state index in [1.807, 2.05) is 0 Å². The monoisotopic (exact) mass is 431 g/mol. The summed E-state index contributed by atoms with van der Waals surface area (Å²) in [7, 11) is 2.90. The van der Waals surface area contributed by atoms with Crippen molar-refractivity contribution in [3.8, 4) is 0 Å². The Hall–Kier alpha value is 0.0649. The quantitative estimate of drug-likeness (QED) is 0.189. The highest BCUT2D eigenvalue weighted by molar-refractivity contribution is 6.39. The van der Waals surface area contributed by atoms with Crippen LogP contribution in [0.25, 0.3) is 0 Å². The van der Waals surface area contributed by atoms with Gasteiger partial charge in [0.1, 0.15) is 7.28 Å². The van der Waals surface area contributed by atoms with Gasteiger partial charge < -0.3 is 0 Å². The van der Waals surface area contributed by atoms with E-state index in [4.69, 9.17) is 0 Å². The first-order valence-corrected chi connectivity index (χ1v) is 15.2. The van der Waals surface area contributed by atoms with Crippen LogP contribution in [-0.2, 0) is 0 Å². The van der Waals surface area contributed by atoms with E-state index < -0.39 is 0 Å². The van der Waals surface area contributed by atoms with Crippen LogP contribution in [-0.4, -0.2) is 7.28 Å². The van der Waals surface area contributed by atoms with Crippen LogP contribution in [0.4, 0.5) is 0 Å². The first-order chi connectivity index (χ1) is 15.4. The molecule has 0 aromatic heterocycles. The summed E-state index contributed by atoms with van der Waals surface area (Å²) in [4.78, 5) is 0. The normalized spacial score (nSPS) is 18.5. The summed E-state index contributed by atoms with van der Waals surface area (Å²) in [6.45, 7) is 4.67. The third kappa shape index (κ3) is 19.3. The Morgan fingerprint density at radius 2 is 0.839 bits per heavy atom. The zero-order chi connectivity index (χ0) is 22.2. The summed E-state index contributed by atoms with van der Waals surface area (Å²) in [5.41, 5.74) is 0. The van der Waals surface area contributed by atoms with Crippen LogP contribution in [0.3, 0.4) is 0 Å². The van der Waals surface area contributed by atoms with E-state index in [0.29, 0.717) is 0 Å². The Morgan fingerprint density at radius 1 is 0.484 bits per heavy atom. The van der Waals surface area contributed by atoms with E-state index in [2.05, 4.69) is 21.1 Å². The van der Waals surface area contributed by atoms with E-state index >= 15 is 0 Å². The van der Waals surface area contributed by atoms with E-state index in [1.54, 1.807) is 0 Å². The van der Waals surface area contributed by atoms with E-state index in [-0.39, 0.29) is 0 Å². The average Bonchev–Trinajstić information content (AvgIpc) is 2.78. The topological polar surface area (TPSA) is 0 Å². The standard InChI is InChI=1S/C30H60B/c1-3-5-7-17-21-25-29(26-22-18-8-6-4-2)31-30-27-23-19-15-13-11-9-10-12-14-16-20-24-28-30/h29-30H,3-28H2,1-2H3. The van der Waals surface area contributed by atoms with Crippen molar-refractivity contribution < 1.29 is 0 Å². The third-order valence-electron chi connectivity index (χ3n) is 7.80. The Balaban J connectivity index is 2.46. The molecule has 1 rings (SSSR count). The van der Waals surface area contributed by atoms with Gasteiger partial charge in [0.25, 0.3) is 0 Å². The molecular weight excluding hydrogens is 371 g/mol. The minimum absolute atomic E-state index is 0.912. The van der Waals surface area contributed by atoms with Crippen molar-refractivity contribution in [3.05, 3.63) is 0 Å². The van der Waals surface area contributed by atoms with Gasteiger partial charge in [0, 0.05) is 0 Å². The lowest BCUT2D eigenvalue weighted by molar-refractivity contribution is 0.516. The maximum atomic E-state index is 2.90. The zero-order valence-electron chi connectivity index (χ0n) is 22.1. The lowest BCUT2D eigenvalue weighted by atomic mass is 9.50. The number of hydrogen-bond acceptors (Lipinski definition) is 0. The lowest BCUT2D eigenvalue weighted by Crippen LogP contribution is -2.12. The van der Waals surface area contributed by atoms with Crippen molar-refractivity contribution in [2.24, 2.45) is 0 Å². The molecule has 1 saturated carbocycles.